The summed E-state index contributed by atoms with van der Waals surface area (Å²) in [6.45, 7) is 3.60. The van der Waals surface area contributed by atoms with Crippen molar-refractivity contribution in [1.82, 2.24) is 19.9 Å². The van der Waals surface area contributed by atoms with Crippen molar-refractivity contribution in [2.75, 3.05) is 0 Å². The normalized spacial score (nSPS) is 10.4. The standard InChI is InChI=1S/C14H16N4O3/c1-9-6-10(2)17-13(20)11(9)7-16-12(19)8-18-5-3-4-15-14(18)21/h3-6H,7-8H2,1-2H3,(H,16,19)(H,17,20). The number of pyridine rings is 1. The summed E-state index contributed by atoms with van der Waals surface area (Å²) < 4.78 is 1.20. The van der Waals surface area contributed by atoms with Gasteiger partial charge in [0.2, 0.25) is 5.91 Å². The van der Waals surface area contributed by atoms with E-state index in [0.717, 1.165) is 11.3 Å². The van der Waals surface area contributed by atoms with Crippen LogP contribution in [0.15, 0.2) is 34.1 Å². The summed E-state index contributed by atoms with van der Waals surface area (Å²) in [6.07, 6.45) is 2.85. The molecular formula is C14H16N4O3. The average Bonchev–Trinajstić information content (AvgIpc) is 2.40. The Morgan fingerprint density at radius 1 is 1.38 bits per heavy atom. The van der Waals surface area contributed by atoms with Crippen molar-refractivity contribution in [2.45, 2.75) is 26.9 Å². The molecule has 2 rings (SSSR count). The van der Waals surface area contributed by atoms with Crippen molar-refractivity contribution in [3.8, 4) is 0 Å². The van der Waals surface area contributed by atoms with Crippen LogP contribution in [0.4, 0.5) is 0 Å². The minimum absolute atomic E-state index is 0.120. The third kappa shape index (κ3) is 3.65. The zero-order valence-corrected chi connectivity index (χ0v) is 11.8. The number of hydrogen-bond donors (Lipinski definition) is 2. The van der Waals surface area contributed by atoms with Gasteiger partial charge in [0.05, 0.1) is 0 Å². The molecule has 110 valence electrons. The van der Waals surface area contributed by atoms with Gasteiger partial charge >= 0.3 is 5.69 Å². The van der Waals surface area contributed by atoms with Gasteiger partial charge in [0.25, 0.3) is 5.56 Å². The average molecular weight is 288 g/mol. The highest BCUT2D eigenvalue weighted by molar-refractivity contribution is 5.75. The van der Waals surface area contributed by atoms with E-state index in [1.807, 2.05) is 13.0 Å². The molecule has 0 aromatic carbocycles. The van der Waals surface area contributed by atoms with Crippen LogP contribution in [-0.2, 0) is 17.9 Å². The lowest BCUT2D eigenvalue weighted by molar-refractivity contribution is -0.121. The molecule has 21 heavy (non-hydrogen) atoms. The molecule has 0 radical (unpaired) electrons. The zero-order valence-electron chi connectivity index (χ0n) is 11.8. The van der Waals surface area contributed by atoms with Crippen LogP contribution in [0, 0.1) is 13.8 Å². The number of aromatic amines is 1. The lowest BCUT2D eigenvalue weighted by atomic mass is 10.1. The lowest BCUT2D eigenvalue weighted by Crippen LogP contribution is -2.34. The first kappa shape index (κ1) is 14.7. The number of rotatable bonds is 4. The van der Waals surface area contributed by atoms with E-state index in [9.17, 15) is 14.4 Å². The summed E-state index contributed by atoms with van der Waals surface area (Å²) in [4.78, 5) is 41.3. The monoisotopic (exact) mass is 288 g/mol. The fraction of sp³-hybridized carbons (Fsp3) is 0.286. The van der Waals surface area contributed by atoms with Gasteiger partial charge in [-0.1, -0.05) is 0 Å². The number of carbonyl (C=O) groups excluding carboxylic acids is 1. The van der Waals surface area contributed by atoms with Gasteiger partial charge in [-0.05, 0) is 31.5 Å². The van der Waals surface area contributed by atoms with Crippen molar-refractivity contribution in [3.63, 3.8) is 0 Å². The highest BCUT2D eigenvalue weighted by Crippen LogP contribution is 2.02. The van der Waals surface area contributed by atoms with Crippen LogP contribution in [0.2, 0.25) is 0 Å². The molecule has 7 heteroatoms. The maximum atomic E-state index is 11.8. The highest BCUT2D eigenvalue weighted by Gasteiger charge is 2.08. The Labute approximate surface area is 120 Å². The van der Waals surface area contributed by atoms with Crippen LogP contribution < -0.4 is 16.6 Å². The molecule has 7 nitrogen and oxygen atoms in total. The van der Waals surface area contributed by atoms with E-state index in [1.54, 1.807) is 13.0 Å². The molecule has 2 heterocycles. The summed E-state index contributed by atoms with van der Waals surface area (Å²) in [5.74, 6) is -0.357. The number of aryl methyl sites for hydroxylation is 2. The number of carbonyl (C=O) groups is 1. The summed E-state index contributed by atoms with van der Waals surface area (Å²) in [7, 11) is 0. The third-order valence-electron chi connectivity index (χ3n) is 3.05. The Kier molecular flexibility index (Phi) is 4.32. The third-order valence-corrected chi connectivity index (χ3v) is 3.05. The molecule has 0 atom stereocenters. The van der Waals surface area contributed by atoms with E-state index in [4.69, 9.17) is 0 Å². The van der Waals surface area contributed by atoms with Crippen molar-refractivity contribution < 1.29 is 4.79 Å². The van der Waals surface area contributed by atoms with E-state index in [2.05, 4.69) is 15.3 Å². The second kappa shape index (κ2) is 6.17. The number of nitrogens with one attached hydrogen (secondary N) is 2. The fourth-order valence-corrected chi connectivity index (χ4v) is 2.01. The Balaban J connectivity index is 2.04. The first-order valence-electron chi connectivity index (χ1n) is 6.45. The van der Waals surface area contributed by atoms with E-state index < -0.39 is 5.69 Å². The Morgan fingerprint density at radius 2 is 2.14 bits per heavy atom. The molecule has 0 fully saturated rings. The van der Waals surface area contributed by atoms with Crippen LogP contribution >= 0.6 is 0 Å². The maximum absolute atomic E-state index is 11.8. The number of amides is 1. The molecule has 0 aliphatic heterocycles. The lowest BCUT2D eigenvalue weighted by Gasteiger charge is -2.09. The summed E-state index contributed by atoms with van der Waals surface area (Å²) in [5.41, 5.74) is 1.39. The van der Waals surface area contributed by atoms with Crippen LogP contribution in [0.5, 0.6) is 0 Å². The van der Waals surface area contributed by atoms with Crippen LogP contribution in [0.3, 0.4) is 0 Å². The van der Waals surface area contributed by atoms with Gasteiger partial charge in [0.1, 0.15) is 6.54 Å². The van der Waals surface area contributed by atoms with Crippen molar-refractivity contribution in [2.24, 2.45) is 0 Å². The van der Waals surface area contributed by atoms with Crippen molar-refractivity contribution >= 4 is 5.91 Å². The summed E-state index contributed by atoms with van der Waals surface area (Å²) in [5, 5.41) is 2.63. The SMILES string of the molecule is Cc1cc(C)c(CNC(=O)Cn2cccnc2=O)c(=O)[nH]1. The zero-order chi connectivity index (χ0) is 15.4. The molecule has 2 N–H and O–H groups in total. The van der Waals surface area contributed by atoms with E-state index >= 15 is 0 Å². The van der Waals surface area contributed by atoms with Crippen molar-refractivity contribution in [3.05, 3.63) is 62.2 Å². The number of H-pyrrole nitrogens is 1. The Morgan fingerprint density at radius 3 is 2.81 bits per heavy atom. The smallest absolute Gasteiger partial charge is 0.347 e. The molecule has 0 aliphatic carbocycles. The van der Waals surface area contributed by atoms with Crippen molar-refractivity contribution in [1.29, 1.82) is 0 Å². The van der Waals surface area contributed by atoms with E-state index in [-0.39, 0.29) is 24.6 Å². The van der Waals surface area contributed by atoms with Gasteiger partial charge < -0.3 is 10.3 Å². The second-order valence-electron chi connectivity index (χ2n) is 4.75. The summed E-state index contributed by atoms with van der Waals surface area (Å²) >= 11 is 0. The number of hydrogen-bond acceptors (Lipinski definition) is 4. The van der Waals surface area contributed by atoms with Crippen LogP contribution in [0.25, 0.3) is 0 Å². The molecule has 0 bridgehead atoms. The Bertz CT molecular complexity index is 776. The predicted octanol–water partition coefficient (Wildman–Crippen LogP) is -0.135. The van der Waals surface area contributed by atoms with Gasteiger partial charge in [-0.25, -0.2) is 9.78 Å². The minimum atomic E-state index is -0.489. The first-order chi connectivity index (χ1) is 9.97. The van der Waals surface area contributed by atoms with Gasteiger partial charge in [-0.2, -0.15) is 0 Å². The predicted molar refractivity (Wildman–Crippen MR) is 76.9 cm³/mol. The molecule has 0 spiro atoms. The molecule has 1 amide bonds. The van der Waals surface area contributed by atoms with E-state index in [0.29, 0.717) is 5.56 Å². The second-order valence-corrected chi connectivity index (χ2v) is 4.75. The molecule has 0 saturated heterocycles. The molecule has 2 aromatic rings. The maximum Gasteiger partial charge on any atom is 0.347 e. The number of nitrogens with zero attached hydrogens (tertiary/aromatic N) is 2. The fourth-order valence-electron chi connectivity index (χ4n) is 2.01. The first-order valence-corrected chi connectivity index (χ1v) is 6.45. The quantitative estimate of drug-likeness (QED) is 0.818. The molecule has 0 aliphatic rings. The molecule has 0 saturated carbocycles. The minimum Gasteiger partial charge on any atom is -0.350 e. The summed E-state index contributed by atoms with van der Waals surface area (Å²) in [6, 6.07) is 3.41. The van der Waals surface area contributed by atoms with Gasteiger partial charge in [0, 0.05) is 30.2 Å². The van der Waals surface area contributed by atoms with Crippen LogP contribution in [-0.4, -0.2) is 20.4 Å². The molecule has 0 unspecified atom stereocenters. The highest BCUT2D eigenvalue weighted by atomic mass is 16.2. The van der Waals surface area contributed by atoms with E-state index in [1.165, 1.54) is 17.0 Å². The van der Waals surface area contributed by atoms with Gasteiger partial charge in [0.15, 0.2) is 0 Å². The largest absolute Gasteiger partial charge is 0.350 e. The molecule has 2 aromatic heterocycles. The van der Waals surface area contributed by atoms with Gasteiger partial charge in [-0.15, -0.1) is 0 Å². The molecular weight excluding hydrogens is 272 g/mol. The van der Waals surface area contributed by atoms with Gasteiger partial charge in [-0.3, -0.25) is 14.2 Å². The topological polar surface area (TPSA) is 96.8 Å². The Hall–Kier alpha value is -2.70. The number of aromatic nitrogens is 3. The van der Waals surface area contributed by atoms with Crippen LogP contribution in [0.1, 0.15) is 16.8 Å².